The third-order valence-corrected chi connectivity index (χ3v) is 2.06. The van der Waals surface area contributed by atoms with Gasteiger partial charge in [-0.15, -0.1) is 0 Å². The topological polar surface area (TPSA) is 26.3 Å². The molecule has 0 heterocycles. The predicted octanol–water partition coefficient (Wildman–Crippen LogP) is 1.94. The summed E-state index contributed by atoms with van der Waals surface area (Å²) >= 11 is 0. The highest BCUT2D eigenvalue weighted by molar-refractivity contribution is 5.79. The second kappa shape index (κ2) is 4.37. The van der Waals surface area contributed by atoms with E-state index < -0.39 is 0 Å². The third-order valence-electron chi connectivity index (χ3n) is 2.06. The van der Waals surface area contributed by atoms with Crippen LogP contribution in [0.25, 0.3) is 0 Å². The number of esters is 1. The molecule has 2 nitrogen and oxygen atoms in total. The molecule has 0 N–H and O–H groups in total. The fourth-order valence-electron chi connectivity index (χ4n) is 1.51. The minimum Gasteiger partial charge on any atom is -0.466 e. The van der Waals surface area contributed by atoms with E-state index in [0.717, 1.165) is 0 Å². The van der Waals surface area contributed by atoms with Gasteiger partial charge >= 0.3 is 5.97 Å². The molecule has 1 aliphatic rings. The van der Waals surface area contributed by atoms with Crippen LogP contribution in [0.3, 0.4) is 0 Å². The first-order chi connectivity index (χ1) is 5.33. The summed E-state index contributed by atoms with van der Waals surface area (Å²) in [5, 5.41) is 0. The third kappa shape index (κ3) is 2.91. The zero-order valence-corrected chi connectivity index (χ0v) is 7.01. The fourth-order valence-corrected chi connectivity index (χ4v) is 1.51. The van der Waals surface area contributed by atoms with Crippen LogP contribution in [0.5, 0.6) is 0 Å². The Balaban J connectivity index is 2.13. The highest BCUT2D eigenvalue weighted by atomic mass is 16.5. The monoisotopic (exact) mass is 155 g/mol. The first kappa shape index (κ1) is 8.57. The highest BCUT2D eigenvalue weighted by Gasteiger charge is 2.19. The lowest BCUT2D eigenvalue weighted by Crippen LogP contribution is -2.09. The molecule has 2 heteroatoms. The van der Waals surface area contributed by atoms with Crippen LogP contribution in [0.2, 0.25) is 0 Å². The molecule has 1 aliphatic carbocycles. The largest absolute Gasteiger partial charge is 0.466 e. The molecule has 0 aromatic carbocycles. The van der Waals surface area contributed by atoms with Crippen molar-refractivity contribution in [1.29, 1.82) is 0 Å². The molecular formula is C9H15O2. The van der Waals surface area contributed by atoms with Crippen LogP contribution in [0.1, 0.15) is 32.6 Å². The number of hydrogen-bond donors (Lipinski definition) is 0. The van der Waals surface area contributed by atoms with E-state index in [1.165, 1.54) is 25.7 Å². The second-order valence-electron chi connectivity index (χ2n) is 2.96. The minimum atomic E-state index is -0.139. The zero-order valence-electron chi connectivity index (χ0n) is 7.01. The van der Waals surface area contributed by atoms with Crippen LogP contribution < -0.4 is 0 Å². The molecule has 63 valence electrons. The maximum Gasteiger partial charge on any atom is 0.310 e. The number of rotatable bonds is 3. The van der Waals surface area contributed by atoms with Crippen LogP contribution in [0.4, 0.5) is 0 Å². The van der Waals surface area contributed by atoms with Crippen molar-refractivity contribution in [3.63, 3.8) is 0 Å². The summed E-state index contributed by atoms with van der Waals surface area (Å²) in [6, 6.07) is 0. The average Bonchev–Trinajstić information content (AvgIpc) is 2.40. The summed E-state index contributed by atoms with van der Waals surface area (Å²) in [7, 11) is 0. The van der Waals surface area contributed by atoms with Gasteiger partial charge in [0.25, 0.3) is 0 Å². The van der Waals surface area contributed by atoms with Gasteiger partial charge in [0.2, 0.25) is 0 Å². The van der Waals surface area contributed by atoms with Crippen LogP contribution >= 0.6 is 0 Å². The summed E-state index contributed by atoms with van der Waals surface area (Å²) < 4.78 is 4.81. The fraction of sp³-hybridized carbons (Fsp3) is 0.778. The Morgan fingerprint density at radius 2 is 2.18 bits per heavy atom. The van der Waals surface area contributed by atoms with Crippen LogP contribution in [-0.2, 0) is 9.53 Å². The van der Waals surface area contributed by atoms with E-state index in [2.05, 4.69) is 0 Å². The molecule has 0 amide bonds. The summed E-state index contributed by atoms with van der Waals surface area (Å²) in [5.74, 6) is 0.355. The zero-order chi connectivity index (χ0) is 8.10. The van der Waals surface area contributed by atoms with Crippen LogP contribution in [0.15, 0.2) is 0 Å². The van der Waals surface area contributed by atoms with Crippen molar-refractivity contribution in [2.24, 2.45) is 5.92 Å². The molecule has 1 rings (SSSR count). The van der Waals surface area contributed by atoms with Crippen molar-refractivity contribution in [2.75, 3.05) is 6.61 Å². The lowest BCUT2D eigenvalue weighted by Gasteiger charge is -2.06. The number of carbonyl (C=O) groups excluding carboxylic acids is 1. The maximum absolute atomic E-state index is 10.9. The highest BCUT2D eigenvalue weighted by Crippen LogP contribution is 2.26. The van der Waals surface area contributed by atoms with Gasteiger partial charge in [0.1, 0.15) is 0 Å². The van der Waals surface area contributed by atoms with Gasteiger partial charge in [-0.25, -0.2) is 0 Å². The minimum absolute atomic E-state index is 0.139. The van der Waals surface area contributed by atoms with Gasteiger partial charge in [-0.1, -0.05) is 12.8 Å². The molecule has 1 saturated carbocycles. The average molecular weight is 155 g/mol. The smallest absolute Gasteiger partial charge is 0.310 e. The van der Waals surface area contributed by atoms with Gasteiger partial charge in [0.05, 0.1) is 13.0 Å². The lowest BCUT2D eigenvalue weighted by atomic mass is 10.1. The summed E-state index contributed by atoms with van der Waals surface area (Å²) in [6.45, 7) is 2.32. The van der Waals surface area contributed by atoms with Gasteiger partial charge in [-0.3, -0.25) is 4.79 Å². The number of hydrogen-bond acceptors (Lipinski definition) is 2. The Labute approximate surface area is 67.9 Å². The number of carbonyl (C=O) groups is 1. The lowest BCUT2D eigenvalue weighted by molar-refractivity contribution is -0.139. The number of ether oxygens (including phenoxy) is 1. The standard InChI is InChI=1S/C9H15O2/c1-2-11-9(10)7-8-5-3-4-6-8/h7-8H,2-6H2,1H3. The van der Waals surface area contributed by atoms with Gasteiger partial charge in [-0.05, 0) is 25.7 Å². The molecule has 0 aromatic heterocycles. The molecule has 0 unspecified atom stereocenters. The molecule has 0 saturated heterocycles. The van der Waals surface area contributed by atoms with Gasteiger partial charge in [0.15, 0.2) is 0 Å². The molecule has 1 radical (unpaired) electrons. The van der Waals surface area contributed by atoms with E-state index in [0.29, 0.717) is 12.5 Å². The molecule has 11 heavy (non-hydrogen) atoms. The normalized spacial score (nSPS) is 18.6. The van der Waals surface area contributed by atoms with E-state index in [1.54, 1.807) is 6.42 Å². The van der Waals surface area contributed by atoms with Crippen molar-refractivity contribution in [3.05, 3.63) is 6.42 Å². The van der Waals surface area contributed by atoms with Crippen LogP contribution in [0, 0.1) is 12.3 Å². The predicted molar refractivity (Wildman–Crippen MR) is 42.9 cm³/mol. The van der Waals surface area contributed by atoms with E-state index in [9.17, 15) is 4.79 Å². The molecule has 0 spiro atoms. The van der Waals surface area contributed by atoms with Gasteiger partial charge in [0, 0.05) is 0 Å². The second-order valence-corrected chi connectivity index (χ2v) is 2.96. The summed E-state index contributed by atoms with van der Waals surface area (Å²) in [5.41, 5.74) is 0. The molecule has 0 aliphatic heterocycles. The molecule has 0 atom stereocenters. The Bertz CT molecular complexity index is 126. The van der Waals surface area contributed by atoms with Crippen LogP contribution in [-0.4, -0.2) is 12.6 Å². The van der Waals surface area contributed by atoms with E-state index >= 15 is 0 Å². The Hall–Kier alpha value is -0.530. The van der Waals surface area contributed by atoms with Crippen molar-refractivity contribution < 1.29 is 9.53 Å². The Kier molecular flexibility index (Phi) is 3.40. The summed E-state index contributed by atoms with van der Waals surface area (Å²) in [6.07, 6.45) is 6.59. The Morgan fingerprint density at radius 1 is 1.55 bits per heavy atom. The first-order valence-electron chi connectivity index (χ1n) is 4.34. The molecule has 1 fully saturated rings. The van der Waals surface area contributed by atoms with E-state index in [4.69, 9.17) is 4.74 Å². The van der Waals surface area contributed by atoms with Gasteiger partial charge in [-0.2, -0.15) is 0 Å². The molecular weight excluding hydrogens is 140 g/mol. The van der Waals surface area contributed by atoms with Crippen molar-refractivity contribution in [3.8, 4) is 0 Å². The maximum atomic E-state index is 10.9. The summed E-state index contributed by atoms with van der Waals surface area (Å²) in [4.78, 5) is 10.9. The van der Waals surface area contributed by atoms with Crippen molar-refractivity contribution in [1.82, 2.24) is 0 Å². The molecule has 0 aromatic rings. The van der Waals surface area contributed by atoms with Crippen molar-refractivity contribution in [2.45, 2.75) is 32.6 Å². The van der Waals surface area contributed by atoms with E-state index in [-0.39, 0.29) is 5.97 Å². The Morgan fingerprint density at radius 3 is 2.73 bits per heavy atom. The first-order valence-corrected chi connectivity index (χ1v) is 4.34. The van der Waals surface area contributed by atoms with Gasteiger partial charge < -0.3 is 4.74 Å². The quantitative estimate of drug-likeness (QED) is 0.582. The SMILES string of the molecule is CCOC(=O)[CH]C1CCCC1. The van der Waals surface area contributed by atoms with E-state index in [1.807, 2.05) is 6.92 Å². The van der Waals surface area contributed by atoms with Crippen molar-refractivity contribution >= 4 is 5.97 Å². The molecule has 0 bridgehead atoms.